The lowest BCUT2D eigenvalue weighted by atomic mass is 9.92. The molecule has 2 aliphatic heterocycles. The molecule has 8 heteroatoms. The molecule has 4 rings (SSSR count). The highest BCUT2D eigenvalue weighted by atomic mass is 16.6. The molecule has 1 atom stereocenters. The van der Waals surface area contributed by atoms with Crippen LogP contribution in [0.1, 0.15) is 45.2 Å². The largest absolute Gasteiger partial charge is 0.492 e. The van der Waals surface area contributed by atoms with Crippen molar-refractivity contribution in [3.05, 3.63) is 53.8 Å². The maximum Gasteiger partial charge on any atom is 0.374 e. The normalized spacial score (nSPS) is 18.2. The number of aliphatic hydroxyl groups is 1. The zero-order valence-corrected chi connectivity index (χ0v) is 19.5. The van der Waals surface area contributed by atoms with E-state index >= 15 is 0 Å². The number of hydrogen-bond acceptors (Lipinski definition) is 7. The first-order valence-corrected chi connectivity index (χ1v) is 11.3. The first kappa shape index (κ1) is 22.9. The van der Waals surface area contributed by atoms with Crippen molar-refractivity contribution in [3.8, 4) is 17.2 Å². The van der Waals surface area contributed by atoms with Gasteiger partial charge in [-0.25, -0.2) is 9.78 Å². The Morgan fingerprint density at radius 3 is 2.85 bits per heavy atom. The van der Waals surface area contributed by atoms with Crippen molar-refractivity contribution in [3.63, 3.8) is 0 Å². The Balaban J connectivity index is 1.83. The third-order valence-electron chi connectivity index (χ3n) is 5.56. The third kappa shape index (κ3) is 4.75. The predicted octanol–water partition coefficient (Wildman–Crippen LogP) is 3.67. The summed E-state index contributed by atoms with van der Waals surface area (Å²) in [6, 6.07) is 1.77. The van der Waals surface area contributed by atoms with E-state index < -0.39 is 17.7 Å². The molecule has 1 aromatic carbocycles. The van der Waals surface area contributed by atoms with Crippen molar-refractivity contribution < 1.29 is 28.8 Å². The molecule has 2 aliphatic rings. The topological polar surface area (TPSA) is 92.0 Å². The Bertz CT molecular complexity index is 1080. The van der Waals surface area contributed by atoms with Gasteiger partial charge in [0.15, 0.2) is 0 Å². The summed E-state index contributed by atoms with van der Waals surface area (Å²) < 4.78 is 25.4. The minimum absolute atomic E-state index is 0.0969. The fourth-order valence-electron chi connectivity index (χ4n) is 3.87. The SMILES string of the molecule is CCCOc1c2c(cc3c1C(=CCn1ccnc1)C=C(C(=O)OCC)O3)OC(C(C)(C)O)C2. The number of allylic oxidation sites excluding steroid dienone is 3. The van der Waals surface area contributed by atoms with E-state index in [2.05, 4.69) is 4.98 Å². The van der Waals surface area contributed by atoms with Gasteiger partial charge in [-0.15, -0.1) is 0 Å². The van der Waals surface area contributed by atoms with Gasteiger partial charge in [-0.05, 0) is 38.8 Å². The fourth-order valence-corrected chi connectivity index (χ4v) is 3.87. The number of ether oxygens (including phenoxy) is 4. The first-order valence-electron chi connectivity index (χ1n) is 11.3. The van der Waals surface area contributed by atoms with E-state index in [-0.39, 0.29) is 12.4 Å². The summed E-state index contributed by atoms with van der Waals surface area (Å²) in [5.41, 5.74) is 1.40. The maximum absolute atomic E-state index is 12.5. The highest BCUT2D eigenvalue weighted by Gasteiger charge is 2.39. The van der Waals surface area contributed by atoms with Crippen molar-refractivity contribution in [2.45, 2.75) is 58.8 Å². The van der Waals surface area contributed by atoms with Gasteiger partial charge in [0.25, 0.3) is 0 Å². The molecule has 2 aromatic rings. The molecule has 0 bridgehead atoms. The fraction of sp³-hybridized carbons (Fsp3) is 0.440. The van der Waals surface area contributed by atoms with Crippen LogP contribution in [0.2, 0.25) is 0 Å². The van der Waals surface area contributed by atoms with Gasteiger partial charge in [-0.3, -0.25) is 0 Å². The first-order chi connectivity index (χ1) is 15.8. The molecule has 176 valence electrons. The highest BCUT2D eigenvalue weighted by molar-refractivity contribution is 5.95. The summed E-state index contributed by atoms with van der Waals surface area (Å²) in [5, 5.41) is 10.5. The second-order valence-corrected chi connectivity index (χ2v) is 8.62. The lowest BCUT2D eigenvalue weighted by Gasteiger charge is -2.24. The Morgan fingerprint density at radius 2 is 2.18 bits per heavy atom. The van der Waals surface area contributed by atoms with Crippen molar-refractivity contribution in [2.24, 2.45) is 0 Å². The van der Waals surface area contributed by atoms with Crippen LogP contribution >= 0.6 is 0 Å². The zero-order valence-electron chi connectivity index (χ0n) is 19.5. The molecule has 1 unspecified atom stereocenters. The minimum Gasteiger partial charge on any atom is -0.492 e. The summed E-state index contributed by atoms with van der Waals surface area (Å²) in [5.74, 6) is 1.26. The molecule has 0 saturated heterocycles. The van der Waals surface area contributed by atoms with Crippen LogP contribution in [0, 0.1) is 0 Å². The van der Waals surface area contributed by atoms with E-state index in [1.165, 1.54) is 0 Å². The average Bonchev–Trinajstić information content (AvgIpc) is 3.44. The Kier molecular flexibility index (Phi) is 6.47. The van der Waals surface area contributed by atoms with Gasteiger partial charge in [0.2, 0.25) is 5.76 Å². The predicted molar refractivity (Wildman–Crippen MR) is 122 cm³/mol. The summed E-state index contributed by atoms with van der Waals surface area (Å²) >= 11 is 0. The van der Waals surface area contributed by atoms with Crippen LogP contribution in [0.25, 0.3) is 5.57 Å². The van der Waals surface area contributed by atoms with Crippen LogP contribution in [0.3, 0.4) is 0 Å². The molecule has 33 heavy (non-hydrogen) atoms. The number of rotatable bonds is 8. The molecule has 0 radical (unpaired) electrons. The molecule has 8 nitrogen and oxygen atoms in total. The lowest BCUT2D eigenvalue weighted by molar-refractivity contribution is -0.141. The Labute approximate surface area is 193 Å². The Morgan fingerprint density at radius 1 is 1.36 bits per heavy atom. The molecule has 3 heterocycles. The van der Waals surface area contributed by atoms with Gasteiger partial charge in [-0.2, -0.15) is 0 Å². The quantitative estimate of drug-likeness (QED) is 0.609. The summed E-state index contributed by atoms with van der Waals surface area (Å²) in [4.78, 5) is 16.6. The highest BCUT2D eigenvalue weighted by Crippen LogP contribution is 2.50. The van der Waals surface area contributed by atoms with E-state index in [0.29, 0.717) is 36.8 Å². The summed E-state index contributed by atoms with van der Waals surface area (Å²) in [6.07, 6.45) is 9.91. The number of hydrogen-bond donors (Lipinski definition) is 1. The van der Waals surface area contributed by atoms with Gasteiger partial charge in [0, 0.05) is 37.0 Å². The standard InChI is InChI=1S/C25H30N2O6/c1-5-11-31-23-17-13-21(25(3,4)29)33-18(17)14-19-22(23)16(7-9-27-10-8-26-15-27)12-20(32-19)24(28)30-6-2/h7-8,10,12,14-15,21,29H,5-6,9,11,13H2,1-4H3. The zero-order chi connectivity index (χ0) is 23.6. The second kappa shape index (κ2) is 9.31. The average molecular weight is 455 g/mol. The third-order valence-corrected chi connectivity index (χ3v) is 5.56. The number of esters is 1. The summed E-state index contributed by atoms with van der Waals surface area (Å²) in [7, 11) is 0. The van der Waals surface area contributed by atoms with Crippen LogP contribution in [-0.2, 0) is 22.5 Å². The van der Waals surface area contributed by atoms with E-state index in [4.69, 9.17) is 18.9 Å². The van der Waals surface area contributed by atoms with Gasteiger partial charge in [0.1, 0.15) is 23.4 Å². The van der Waals surface area contributed by atoms with Gasteiger partial charge in [-0.1, -0.05) is 13.0 Å². The number of aromatic nitrogens is 2. The molecule has 0 spiro atoms. The van der Waals surface area contributed by atoms with Crippen molar-refractivity contribution in [2.75, 3.05) is 13.2 Å². The van der Waals surface area contributed by atoms with Gasteiger partial charge < -0.3 is 28.6 Å². The minimum atomic E-state index is -1.03. The van der Waals surface area contributed by atoms with Crippen LogP contribution in [-0.4, -0.2) is 45.5 Å². The van der Waals surface area contributed by atoms with Gasteiger partial charge in [0.05, 0.1) is 30.7 Å². The summed E-state index contributed by atoms with van der Waals surface area (Å²) in [6.45, 7) is 8.54. The van der Waals surface area contributed by atoms with E-state index in [9.17, 15) is 9.90 Å². The molecular formula is C25H30N2O6. The van der Waals surface area contributed by atoms with Crippen LogP contribution in [0.5, 0.6) is 17.2 Å². The molecule has 0 aliphatic carbocycles. The number of carbonyl (C=O) groups is 1. The van der Waals surface area contributed by atoms with Gasteiger partial charge >= 0.3 is 5.97 Å². The van der Waals surface area contributed by atoms with Crippen molar-refractivity contribution in [1.29, 1.82) is 0 Å². The van der Waals surface area contributed by atoms with Crippen LogP contribution < -0.4 is 14.2 Å². The Hall–Kier alpha value is -3.26. The number of carbonyl (C=O) groups excluding carboxylic acids is 1. The molecular weight excluding hydrogens is 424 g/mol. The van der Waals surface area contributed by atoms with E-state index in [0.717, 1.165) is 23.1 Å². The number of benzene rings is 1. The number of fused-ring (bicyclic) bond motifs is 2. The monoisotopic (exact) mass is 454 g/mol. The molecule has 1 aromatic heterocycles. The molecule has 0 fully saturated rings. The van der Waals surface area contributed by atoms with E-state index in [1.54, 1.807) is 45.4 Å². The molecule has 1 N–H and O–H groups in total. The maximum atomic E-state index is 12.5. The van der Waals surface area contributed by atoms with E-state index in [1.807, 2.05) is 23.8 Å². The smallest absolute Gasteiger partial charge is 0.374 e. The number of nitrogens with zero attached hydrogens (tertiary/aromatic N) is 2. The van der Waals surface area contributed by atoms with Crippen molar-refractivity contribution >= 4 is 11.5 Å². The lowest BCUT2D eigenvalue weighted by Crippen LogP contribution is -2.39. The molecule has 0 amide bonds. The van der Waals surface area contributed by atoms with Crippen LogP contribution in [0.15, 0.2) is 42.7 Å². The molecule has 0 saturated carbocycles. The van der Waals surface area contributed by atoms with Crippen LogP contribution in [0.4, 0.5) is 0 Å². The van der Waals surface area contributed by atoms with Crippen molar-refractivity contribution in [1.82, 2.24) is 9.55 Å². The second-order valence-electron chi connectivity index (χ2n) is 8.62. The number of imidazole rings is 1.